The van der Waals surface area contributed by atoms with Crippen LogP contribution in [0.4, 0.5) is 0 Å². The predicted octanol–water partition coefficient (Wildman–Crippen LogP) is 3.89. The lowest BCUT2D eigenvalue weighted by Gasteiger charge is -2.22. The van der Waals surface area contributed by atoms with Crippen molar-refractivity contribution < 1.29 is 23.7 Å². The van der Waals surface area contributed by atoms with Crippen LogP contribution < -0.4 is 18.9 Å². The van der Waals surface area contributed by atoms with Crippen molar-refractivity contribution in [3.8, 4) is 23.0 Å². The summed E-state index contributed by atoms with van der Waals surface area (Å²) in [5, 5.41) is 0. The maximum atomic E-state index is 12.8. The standard InChI is InChI=1S/C19H15BrO5/c1-22-16-7-11(8-17-19(16)24-5-4-23-17)6-12-10-25-15-3-2-13(20)9-14(15)18(12)21/h2-3,6-9H,4-5,10H2,1H3/b12-6+. The molecule has 0 aromatic heterocycles. The highest BCUT2D eigenvalue weighted by atomic mass is 79.9. The minimum absolute atomic E-state index is 0.0450. The van der Waals surface area contributed by atoms with Crippen LogP contribution in [0, 0.1) is 0 Å². The van der Waals surface area contributed by atoms with Gasteiger partial charge in [-0.15, -0.1) is 0 Å². The summed E-state index contributed by atoms with van der Waals surface area (Å²) in [4.78, 5) is 12.8. The van der Waals surface area contributed by atoms with Gasteiger partial charge in [-0.05, 0) is 42.0 Å². The molecule has 0 N–H and O–H groups in total. The Balaban J connectivity index is 1.73. The molecule has 4 rings (SSSR count). The molecule has 0 aliphatic carbocycles. The van der Waals surface area contributed by atoms with E-state index in [0.717, 1.165) is 10.0 Å². The van der Waals surface area contributed by atoms with Gasteiger partial charge in [0.2, 0.25) is 5.75 Å². The number of methoxy groups -OCH3 is 1. The van der Waals surface area contributed by atoms with E-state index < -0.39 is 0 Å². The average Bonchev–Trinajstić information content (AvgIpc) is 2.64. The lowest BCUT2D eigenvalue weighted by atomic mass is 9.98. The average molecular weight is 403 g/mol. The molecule has 25 heavy (non-hydrogen) atoms. The molecule has 0 fully saturated rings. The van der Waals surface area contributed by atoms with Gasteiger partial charge in [0.1, 0.15) is 25.6 Å². The fraction of sp³-hybridized carbons (Fsp3) is 0.211. The van der Waals surface area contributed by atoms with Crippen LogP contribution in [0.2, 0.25) is 0 Å². The molecular formula is C19H15BrO5. The van der Waals surface area contributed by atoms with Crippen molar-refractivity contribution in [2.75, 3.05) is 26.9 Å². The number of rotatable bonds is 2. The summed E-state index contributed by atoms with van der Waals surface area (Å²) in [6.07, 6.45) is 1.80. The number of hydrogen-bond acceptors (Lipinski definition) is 5. The fourth-order valence-electron chi connectivity index (χ4n) is 2.88. The molecule has 2 aromatic rings. The largest absolute Gasteiger partial charge is 0.493 e. The Morgan fingerprint density at radius 3 is 2.76 bits per heavy atom. The van der Waals surface area contributed by atoms with Gasteiger partial charge < -0.3 is 18.9 Å². The molecule has 0 atom stereocenters. The second kappa shape index (κ2) is 6.44. The number of carbonyl (C=O) groups excluding carboxylic acids is 1. The van der Waals surface area contributed by atoms with E-state index in [4.69, 9.17) is 18.9 Å². The maximum absolute atomic E-state index is 12.8. The van der Waals surface area contributed by atoms with Gasteiger partial charge in [0.05, 0.1) is 12.7 Å². The maximum Gasteiger partial charge on any atom is 0.203 e. The zero-order valence-electron chi connectivity index (χ0n) is 13.5. The number of Topliss-reactive ketones (excluding diaryl/α,β-unsaturated/α-hetero) is 1. The van der Waals surface area contributed by atoms with E-state index in [1.807, 2.05) is 18.2 Å². The normalized spacial score (nSPS) is 17.0. The second-order valence-corrected chi connectivity index (χ2v) is 6.59. The van der Waals surface area contributed by atoms with E-state index in [2.05, 4.69) is 15.9 Å². The molecule has 0 saturated heterocycles. The number of hydrogen-bond donors (Lipinski definition) is 0. The van der Waals surface area contributed by atoms with Crippen LogP contribution >= 0.6 is 15.9 Å². The highest BCUT2D eigenvalue weighted by molar-refractivity contribution is 9.10. The molecule has 2 aromatic carbocycles. The SMILES string of the molecule is COc1cc(/C=C2\COc3ccc(Br)cc3C2=O)cc2c1OCCO2. The summed E-state index contributed by atoms with van der Waals surface area (Å²) in [6.45, 7) is 1.20. The minimum atomic E-state index is -0.0450. The molecule has 0 saturated carbocycles. The van der Waals surface area contributed by atoms with Crippen molar-refractivity contribution in [1.29, 1.82) is 0 Å². The first-order valence-electron chi connectivity index (χ1n) is 7.81. The molecule has 2 aliphatic rings. The van der Waals surface area contributed by atoms with Gasteiger partial charge in [-0.1, -0.05) is 15.9 Å². The second-order valence-electron chi connectivity index (χ2n) is 5.68. The molecule has 6 heteroatoms. The van der Waals surface area contributed by atoms with Crippen LogP contribution in [-0.2, 0) is 0 Å². The third-order valence-electron chi connectivity index (χ3n) is 4.05. The smallest absolute Gasteiger partial charge is 0.203 e. The minimum Gasteiger partial charge on any atom is -0.493 e. The molecule has 5 nitrogen and oxygen atoms in total. The number of halogens is 1. The molecule has 0 radical (unpaired) electrons. The molecule has 128 valence electrons. The van der Waals surface area contributed by atoms with Gasteiger partial charge in [-0.3, -0.25) is 4.79 Å². The van der Waals surface area contributed by atoms with E-state index >= 15 is 0 Å². The van der Waals surface area contributed by atoms with Crippen molar-refractivity contribution in [1.82, 2.24) is 0 Å². The van der Waals surface area contributed by atoms with Crippen LogP contribution in [0.3, 0.4) is 0 Å². The Labute approximate surface area is 153 Å². The van der Waals surface area contributed by atoms with Crippen LogP contribution in [0.1, 0.15) is 15.9 Å². The van der Waals surface area contributed by atoms with E-state index in [9.17, 15) is 4.79 Å². The fourth-order valence-corrected chi connectivity index (χ4v) is 3.25. The van der Waals surface area contributed by atoms with E-state index in [1.165, 1.54) is 0 Å². The first-order valence-corrected chi connectivity index (χ1v) is 8.60. The third kappa shape index (κ3) is 2.98. The number of fused-ring (bicyclic) bond motifs is 2. The Morgan fingerprint density at radius 1 is 1.08 bits per heavy atom. The monoisotopic (exact) mass is 402 g/mol. The van der Waals surface area contributed by atoms with Crippen molar-refractivity contribution in [2.24, 2.45) is 0 Å². The molecular weight excluding hydrogens is 388 g/mol. The summed E-state index contributed by atoms with van der Waals surface area (Å²) in [5.41, 5.74) is 1.92. The molecule has 0 amide bonds. The third-order valence-corrected chi connectivity index (χ3v) is 4.55. The highest BCUT2D eigenvalue weighted by Crippen LogP contribution is 2.41. The van der Waals surface area contributed by atoms with Gasteiger partial charge in [-0.25, -0.2) is 0 Å². The number of carbonyl (C=O) groups is 1. The topological polar surface area (TPSA) is 54.0 Å². The first-order chi connectivity index (χ1) is 12.2. The van der Waals surface area contributed by atoms with E-state index in [1.54, 1.807) is 25.3 Å². The van der Waals surface area contributed by atoms with Crippen LogP contribution in [0.15, 0.2) is 40.4 Å². The predicted molar refractivity (Wildman–Crippen MR) is 95.9 cm³/mol. The van der Waals surface area contributed by atoms with Crippen LogP contribution in [-0.4, -0.2) is 32.7 Å². The highest BCUT2D eigenvalue weighted by Gasteiger charge is 2.24. The van der Waals surface area contributed by atoms with E-state index in [0.29, 0.717) is 47.3 Å². The van der Waals surface area contributed by atoms with Crippen molar-refractivity contribution in [2.45, 2.75) is 0 Å². The summed E-state index contributed by atoms with van der Waals surface area (Å²) >= 11 is 3.39. The van der Waals surface area contributed by atoms with Crippen LogP contribution in [0.25, 0.3) is 6.08 Å². The van der Waals surface area contributed by atoms with Crippen molar-refractivity contribution in [3.05, 3.63) is 51.5 Å². The van der Waals surface area contributed by atoms with Gasteiger partial charge in [-0.2, -0.15) is 0 Å². The van der Waals surface area contributed by atoms with Crippen LogP contribution in [0.5, 0.6) is 23.0 Å². The van der Waals surface area contributed by atoms with Gasteiger partial charge in [0.25, 0.3) is 0 Å². The number of benzene rings is 2. The Kier molecular flexibility index (Phi) is 4.13. The summed E-state index contributed by atoms with van der Waals surface area (Å²) in [6, 6.07) is 9.08. The van der Waals surface area contributed by atoms with E-state index in [-0.39, 0.29) is 12.4 Å². The first kappa shape index (κ1) is 16.0. The molecule has 2 heterocycles. The zero-order chi connectivity index (χ0) is 17.4. The number of ketones is 1. The quantitative estimate of drug-likeness (QED) is 0.713. The molecule has 2 aliphatic heterocycles. The molecule has 0 bridgehead atoms. The molecule has 0 spiro atoms. The van der Waals surface area contributed by atoms with Gasteiger partial charge in [0, 0.05) is 10.0 Å². The van der Waals surface area contributed by atoms with Gasteiger partial charge in [0.15, 0.2) is 17.3 Å². The lowest BCUT2D eigenvalue weighted by Crippen LogP contribution is -2.19. The number of ether oxygens (including phenoxy) is 4. The Bertz CT molecular complexity index is 870. The van der Waals surface area contributed by atoms with Crippen molar-refractivity contribution >= 4 is 27.8 Å². The summed E-state index contributed by atoms with van der Waals surface area (Å²) in [7, 11) is 1.58. The lowest BCUT2D eigenvalue weighted by molar-refractivity contribution is 0.100. The van der Waals surface area contributed by atoms with Gasteiger partial charge >= 0.3 is 0 Å². The zero-order valence-corrected chi connectivity index (χ0v) is 15.1. The molecule has 0 unspecified atom stereocenters. The summed E-state index contributed by atoms with van der Waals surface area (Å²) < 4.78 is 23.2. The Hall–Kier alpha value is -2.47. The van der Waals surface area contributed by atoms with Crippen molar-refractivity contribution in [3.63, 3.8) is 0 Å². The Morgan fingerprint density at radius 2 is 1.92 bits per heavy atom. The summed E-state index contributed by atoms with van der Waals surface area (Å²) in [5.74, 6) is 2.35.